The number of ether oxygens (including phenoxy) is 1. The number of carbonyl (C=O) groups is 2. The van der Waals surface area contributed by atoms with Gasteiger partial charge in [0.2, 0.25) is 15.8 Å². The molecular weight excluding hydrogens is 398 g/mol. The number of hydrogen-bond acceptors (Lipinski definition) is 6. The summed E-state index contributed by atoms with van der Waals surface area (Å²) >= 11 is 1.31. The molecule has 1 aliphatic heterocycles. The minimum absolute atomic E-state index is 0.135. The summed E-state index contributed by atoms with van der Waals surface area (Å²) in [6.07, 6.45) is 3.43. The van der Waals surface area contributed by atoms with Gasteiger partial charge < -0.3 is 4.74 Å². The molecule has 1 aromatic heterocycles. The van der Waals surface area contributed by atoms with E-state index in [0.29, 0.717) is 24.4 Å². The lowest BCUT2D eigenvalue weighted by Crippen LogP contribution is -2.35. The molecule has 0 amide bonds. The second kappa shape index (κ2) is 9.45. The number of ketones is 1. The van der Waals surface area contributed by atoms with Crippen LogP contribution in [0.5, 0.6) is 0 Å². The Labute approximate surface area is 169 Å². The van der Waals surface area contributed by atoms with E-state index in [9.17, 15) is 18.0 Å². The van der Waals surface area contributed by atoms with E-state index in [1.165, 1.54) is 15.6 Å². The zero-order chi connectivity index (χ0) is 20.0. The van der Waals surface area contributed by atoms with Crippen molar-refractivity contribution in [3.05, 3.63) is 52.2 Å². The Morgan fingerprint density at radius 2 is 1.75 bits per heavy atom. The molecule has 0 bridgehead atoms. The molecule has 3 rings (SSSR count). The van der Waals surface area contributed by atoms with E-state index in [2.05, 4.69) is 0 Å². The van der Waals surface area contributed by atoms with Crippen molar-refractivity contribution in [1.29, 1.82) is 0 Å². The van der Waals surface area contributed by atoms with Gasteiger partial charge in [-0.3, -0.25) is 9.59 Å². The fourth-order valence-corrected chi connectivity index (χ4v) is 5.22. The van der Waals surface area contributed by atoms with Crippen LogP contribution in [0.2, 0.25) is 0 Å². The molecule has 1 aliphatic rings. The predicted octanol–water partition coefficient (Wildman–Crippen LogP) is 3.28. The van der Waals surface area contributed by atoms with E-state index in [0.717, 1.165) is 24.8 Å². The van der Waals surface area contributed by atoms with Crippen molar-refractivity contribution in [2.45, 2.75) is 37.0 Å². The van der Waals surface area contributed by atoms with Crippen LogP contribution in [-0.4, -0.2) is 44.2 Å². The first-order chi connectivity index (χ1) is 13.5. The van der Waals surface area contributed by atoms with Crippen LogP contribution in [0.3, 0.4) is 0 Å². The van der Waals surface area contributed by atoms with E-state index in [1.807, 2.05) is 0 Å². The Morgan fingerprint density at radius 3 is 2.39 bits per heavy atom. The van der Waals surface area contributed by atoms with E-state index in [4.69, 9.17) is 4.74 Å². The van der Waals surface area contributed by atoms with Crippen LogP contribution in [0, 0.1) is 0 Å². The summed E-state index contributed by atoms with van der Waals surface area (Å²) in [6, 6.07) is 10.1. The van der Waals surface area contributed by atoms with Gasteiger partial charge in [-0.25, -0.2) is 8.42 Å². The van der Waals surface area contributed by atoms with Crippen molar-refractivity contribution in [3.63, 3.8) is 0 Å². The zero-order valence-electron chi connectivity index (χ0n) is 15.5. The van der Waals surface area contributed by atoms with E-state index >= 15 is 0 Å². The normalized spacial score (nSPS) is 15.3. The number of thiophene rings is 1. The van der Waals surface area contributed by atoms with Crippen molar-refractivity contribution < 1.29 is 22.7 Å². The van der Waals surface area contributed by atoms with Crippen molar-refractivity contribution in [2.24, 2.45) is 0 Å². The average Bonchev–Trinajstić information content (AvgIpc) is 3.26. The Morgan fingerprint density at radius 1 is 1.04 bits per heavy atom. The van der Waals surface area contributed by atoms with Crippen molar-refractivity contribution in [1.82, 2.24) is 4.31 Å². The molecule has 0 N–H and O–H groups in total. The third kappa shape index (κ3) is 5.27. The molecule has 28 heavy (non-hydrogen) atoms. The Balaban J connectivity index is 1.48. The average molecular weight is 422 g/mol. The van der Waals surface area contributed by atoms with Crippen LogP contribution in [0.4, 0.5) is 0 Å². The first kappa shape index (κ1) is 20.7. The van der Waals surface area contributed by atoms with E-state index < -0.39 is 16.0 Å². The lowest BCUT2D eigenvalue weighted by Gasteiger charge is -2.25. The SMILES string of the molecule is O=C(CCc1ccc(S(=O)(=O)N2CCCCC2)cc1)OCC(=O)c1cccs1. The third-order valence-electron chi connectivity index (χ3n) is 4.65. The molecule has 0 saturated carbocycles. The summed E-state index contributed by atoms with van der Waals surface area (Å²) in [6.45, 7) is 0.882. The van der Waals surface area contributed by atoms with Gasteiger partial charge in [0.15, 0.2) is 6.61 Å². The second-order valence-corrected chi connectivity index (χ2v) is 9.56. The molecule has 8 heteroatoms. The molecule has 2 aromatic rings. The van der Waals surface area contributed by atoms with Gasteiger partial charge in [-0.2, -0.15) is 4.31 Å². The minimum atomic E-state index is -3.44. The van der Waals surface area contributed by atoms with Gasteiger partial charge in [0.1, 0.15) is 0 Å². The number of carbonyl (C=O) groups excluding carboxylic acids is 2. The number of aryl methyl sites for hydroxylation is 1. The lowest BCUT2D eigenvalue weighted by atomic mass is 10.1. The van der Waals surface area contributed by atoms with Crippen LogP contribution >= 0.6 is 11.3 Å². The summed E-state index contributed by atoms with van der Waals surface area (Å²) in [7, 11) is -3.44. The summed E-state index contributed by atoms with van der Waals surface area (Å²) in [5, 5.41) is 1.80. The van der Waals surface area contributed by atoms with Gasteiger partial charge in [-0.05, 0) is 48.4 Å². The largest absolute Gasteiger partial charge is 0.457 e. The van der Waals surface area contributed by atoms with Crippen LogP contribution in [0.25, 0.3) is 0 Å². The Kier molecular flexibility index (Phi) is 6.98. The molecule has 0 radical (unpaired) electrons. The quantitative estimate of drug-likeness (QED) is 0.483. The molecule has 2 heterocycles. The number of piperidine rings is 1. The predicted molar refractivity (Wildman–Crippen MR) is 107 cm³/mol. The number of sulfonamides is 1. The highest BCUT2D eigenvalue weighted by atomic mass is 32.2. The highest BCUT2D eigenvalue weighted by molar-refractivity contribution is 7.89. The topological polar surface area (TPSA) is 80.8 Å². The molecule has 0 spiro atoms. The number of esters is 1. The number of benzene rings is 1. The molecular formula is C20H23NO5S2. The summed E-state index contributed by atoms with van der Waals surface area (Å²) < 4.78 is 31.8. The minimum Gasteiger partial charge on any atom is -0.457 e. The maximum Gasteiger partial charge on any atom is 0.306 e. The fraction of sp³-hybridized carbons (Fsp3) is 0.400. The molecule has 1 fully saturated rings. The van der Waals surface area contributed by atoms with Crippen LogP contribution in [0.1, 0.15) is 40.9 Å². The van der Waals surface area contributed by atoms with Gasteiger partial charge in [-0.15, -0.1) is 11.3 Å². The van der Waals surface area contributed by atoms with Gasteiger partial charge >= 0.3 is 5.97 Å². The van der Waals surface area contributed by atoms with Crippen LogP contribution in [0.15, 0.2) is 46.7 Å². The van der Waals surface area contributed by atoms with Gasteiger partial charge in [-0.1, -0.05) is 24.6 Å². The monoisotopic (exact) mass is 421 g/mol. The maximum atomic E-state index is 12.6. The fourth-order valence-electron chi connectivity index (χ4n) is 3.06. The number of hydrogen-bond donors (Lipinski definition) is 0. The maximum absolute atomic E-state index is 12.6. The number of rotatable bonds is 8. The van der Waals surface area contributed by atoms with Crippen molar-refractivity contribution in [3.8, 4) is 0 Å². The highest BCUT2D eigenvalue weighted by Gasteiger charge is 2.25. The molecule has 150 valence electrons. The first-order valence-corrected chi connectivity index (χ1v) is 11.6. The molecule has 1 aromatic carbocycles. The summed E-state index contributed by atoms with van der Waals surface area (Å²) in [5.41, 5.74) is 0.846. The number of Topliss-reactive ketones (excluding diaryl/α,β-unsaturated/α-hetero) is 1. The van der Waals surface area contributed by atoms with Crippen LogP contribution < -0.4 is 0 Å². The van der Waals surface area contributed by atoms with Crippen molar-refractivity contribution >= 4 is 33.1 Å². The lowest BCUT2D eigenvalue weighted by molar-refractivity contribution is -0.142. The molecule has 0 atom stereocenters. The molecule has 0 unspecified atom stereocenters. The third-order valence-corrected chi connectivity index (χ3v) is 7.48. The second-order valence-electron chi connectivity index (χ2n) is 6.67. The highest BCUT2D eigenvalue weighted by Crippen LogP contribution is 2.21. The van der Waals surface area contributed by atoms with Crippen LogP contribution in [-0.2, 0) is 26.0 Å². The zero-order valence-corrected chi connectivity index (χ0v) is 17.1. The Hall–Kier alpha value is -2.03. The molecule has 1 saturated heterocycles. The van der Waals surface area contributed by atoms with E-state index in [1.54, 1.807) is 41.8 Å². The molecule has 0 aliphatic carbocycles. The molecule has 6 nitrogen and oxygen atoms in total. The van der Waals surface area contributed by atoms with Gasteiger partial charge in [0, 0.05) is 19.5 Å². The Bertz CT molecular complexity index is 899. The number of nitrogens with zero attached hydrogens (tertiary/aromatic N) is 1. The summed E-state index contributed by atoms with van der Waals surface area (Å²) in [5.74, 6) is -0.662. The van der Waals surface area contributed by atoms with Gasteiger partial charge in [0.25, 0.3) is 0 Å². The standard InChI is InChI=1S/C20H23NO5S2/c22-18(19-5-4-14-27-19)15-26-20(23)11-8-16-6-9-17(10-7-16)28(24,25)21-12-2-1-3-13-21/h4-7,9-10,14H,1-3,8,11-13,15H2. The van der Waals surface area contributed by atoms with Crippen molar-refractivity contribution in [2.75, 3.05) is 19.7 Å². The smallest absolute Gasteiger partial charge is 0.306 e. The van der Waals surface area contributed by atoms with E-state index in [-0.39, 0.29) is 23.7 Å². The van der Waals surface area contributed by atoms with Gasteiger partial charge in [0.05, 0.1) is 9.77 Å². The first-order valence-electron chi connectivity index (χ1n) is 9.28. The summed E-state index contributed by atoms with van der Waals surface area (Å²) in [4.78, 5) is 24.5.